The van der Waals surface area contributed by atoms with Gasteiger partial charge in [0.1, 0.15) is 5.82 Å². The summed E-state index contributed by atoms with van der Waals surface area (Å²) in [5, 5.41) is 4.75. The summed E-state index contributed by atoms with van der Waals surface area (Å²) < 4.78 is 39.2. The van der Waals surface area contributed by atoms with Crippen LogP contribution in [0.25, 0.3) is 0 Å². The first-order valence-electron chi connectivity index (χ1n) is 15.3. The van der Waals surface area contributed by atoms with Gasteiger partial charge in [0.25, 0.3) is 0 Å². The van der Waals surface area contributed by atoms with Gasteiger partial charge in [-0.05, 0) is 87.0 Å². The first-order chi connectivity index (χ1) is 20.6. The summed E-state index contributed by atoms with van der Waals surface area (Å²) in [4.78, 5) is 40.0. The third kappa shape index (κ3) is 5.12. The van der Waals surface area contributed by atoms with Crippen molar-refractivity contribution in [3.05, 3.63) is 42.6 Å². The van der Waals surface area contributed by atoms with E-state index in [4.69, 9.17) is 10.6 Å². The first kappa shape index (κ1) is 28.1. The van der Waals surface area contributed by atoms with Crippen LogP contribution in [0.4, 0.5) is 40.8 Å². The third-order valence-corrected chi connectivity index (χ3v) is 10.6. The van der Waals surface area contributed by atoms with E-state index < -0.39 is 23.6 Å². The molecule has 5 atom stereocenters. The van der Waals surface area contributed by atoms with E-state index in [0.717, 1.165) is 49.2 Å². The van der Waals surface area contributed by atoms with E-state index in [1.807, 2.05) is 46.2 Å². The highest BCUT2D eigenvalue weighted by Gasteiger charge is 2.58. The number of hydrogen-bond acceptors (Lipinski definition) is 7. The normalized spacial score (nSPS) is 30.3. The van der Waals surface area contributed by atoms with Crippen LogP contribution in [0.3, 0.4) is 0 Å². The molecule has 3 N–H and O–H groups in total. The molecule has 3 unspecified atom stereocenters. The minimum absolute atomic E-state index is 0.0185. The van der Waals surface area contributed by atoms with Crippen LogP contribution in [0.1, 0.15) is 44.9 Å². The van der Waals surface area contributed by atoms with Crippen molar-refractivity contribution in [2.45, 2.75) is 57.2 Å². The number of primary amides is 1. The lowest BCUT2D eigenvalue weighted by Gasteiger charge is -2.58. The number of fused-ring (bicyclic) bond motifs is 1. The molecule has 4 aliphatic carbocycles. The standard InChI is InChI=1S/C31H37F3N6O3/c32-31(33,34)22-7-9-38(10-8-22)23-5-6-26(36-18-23)39-11-12-40(25-4-2-1-3-24(25)39)43-29(42)37-27-20-13-19-14-21(27)17-30(15-19,16-20)28(35)41/h1-6,18-22,27H,7-17H2,(H2,35,41)(H,37,42)/t19?,20-,21+,27?,30?. The lowest BCUT2D eigenvalue weighted by Crippen LogP contribution is -2.62. The maximum atomic E-state index is 13.2. The predicted molar refractivity (Wildman–Crippen MR) is 155 cm³/mol. The number of pyridine rings is 1. The molecule has 1 saturated heterocycles. The Morgan fingerprint density at radius 2 is 1.65 bits per heavy atom. The summed E-state index contributed by atoms with van der Waals surface area (Å²) in [5.74, 6) is 0.249. The van der Waals surface area contributed by atoms with Gasteiger partial charge in [0, 0.05) is 31.1 Å². The van der Waals surface area contributed by atoms with Crippen molar-refractivity contribution in [3.8, 4) is 0 Å². The molecule has 2 aromatic rings. The smallest absolute Gasteiger partial charge is 0.370 e. The number of hydroxylamine groups is 1. The highest BCUT2D eigenvalue weighted by atomic mass is 19.4. The summed E-state index contributed by atoms with van der Waals surface area (Å²) in [6.45, 7) is 1.64. The molecular formula is C31H37F3N6O3. The average molecular weight is 599 g/mol. The van der Waals surface area contributed by atoms with Crippen molar-refractivity contribution < 1.29 is 27.6 Å². The van der Waals surface area contributed by atoms with E-state index in [1.165, 1.54) is 0 Å². The Bertz CT molecular complexity index is 1360. The molecule has 6 aliphatic rings. The Kier molecular flexibility index (Phi) is 6.85. The highest BCUT2D eigenvalue weighted by molar-refractivity contribution is 5.82. The maximum Gasteiger partial charge on any atom is 0.431 e. The Morgan fingerprint density at radius 1 is 0.953 bits per heavy atom. The van der Waals surface area contributed by atoms with Gasteiger partial charge in [-0.3, -0.25) is 4.79 Å². The van der Waals surface area contributed by atoms with Gasteiger partial charge in [0.2, 0.25) is 5.91 Å². The minimum atomic E-state index is -4.14. The monoisotopic (exact) mass is 598 g/mol. The number of piperidine rings is 1. The molecule has 4 bridgehead atoms. The number of nitrogens with two attached hydrogens (primary N) is 1. The van der Waals surface area contributed by atoms with Gasteiger partial charge < -0.3 is 25.7 Å². The van der Waals surface area contributed by atoms with Crippen molar-refractivity contribution >= 4 is 34.9 Å². The highest BCUT2D eigenvalue weighted by Crippen LogP contribution is 2.60. The molecule has 0 radical (unpaired) electrons. The molecule has 5 fully saturated rings. The second-order valence-corrected chi connectivity index (χ2v) is 13.1. The number of carbonyl (C=O) groups is 2. The van der Waals surface area contributed by atoms with Crippen LogP contribution in [0.5, 0.6) is 0 Å². The second kappa shape index (κ2) is 10.5. The number of carbonyl (C=O) groups excluding carboxylic acids is 2. The molecule has 12 heteroatoms. The molecule has 2 aliphatic heterocycles. The fourth-order valence-electron chi connectivity index (χ4n) is 8.68. The number of anilines is 4. The van der Waals surface area contributed by atoms with E-state index in [-0.39, 0.29) is 36.6 Å². The summed E-state index contributed by atoms with van der Waals surface area (Å²) in [7, 11) is 0. The Hall–Kier alpha value is -3.70. The minimum Gasteiger partial charge on any atom is -0.370 e. The maximum absolute atomic E-state index is 13.2. The Balaban J connectivity index is 1.00. The fraction of sp³-hybridized carbons (Fsp3) is 0.581. The van der Waals surface area contributed by atoms with Crippen LogP contribution < -0.4 is 25.9 Å². The van der Waals surface area contributed by atoms with Gasteiger partial charge >= 0.3 is 12.3 Å². The molecule has 2 amide bonds. The molecule has 1 aromatic heterocycles. The van der Waals surface area contributed by atoms with Crippen molar-refractivity contribution in [3.63, 3.8) is 0 Å². The van der Waals surface area contributed by atoms with Gasteiger partial charge in [-0.1, -0.05) is 12.1 Å². The van der Waals surface area contributed by atoms with Gasteiger partial charge in [-0.15, -0.1) is 0 Å². The van der Waals surface area contributed by atoms with Gasteiger partial charge in [0.15, 0.2) is 0 Å². The largest absolute Gasteiger partial charge is 0.431 e. The van der Waals surface area contributed by atoms with Gasteiger partial charge in [-0.25, -0.2) is 14.8 Å². The second-order valence-electron chi connectivity index (χ2n) is 13.1. The van der Waals surface area contributed by atoms with E-state index in [1.54, 1.807) is 11.3 Å². The van der Waals surface area contributed by atoms with Gasteiger partial charge in [0.05, 0.1) is 35.7 Å². The number of rotatable bonds is 5. The SMILES string of the molecule is NC(=O)C12CC3C[C@H](C1)C(NC(=O)ON1CCN(c4ccc(N5CCC(C(F)(F)F)CC5)cn4)c4ccccc41)[C@@H](C3)C2. The quantitative estimate of drug-likeness (QED) is 0.491. The molecule has 4 saturated carbocycles. The van der Waals surface area contributed by atoms with Crippen LogP contribution in [-0.2, 0) is 9.63 Å². The summed E-state index contributed by atoms with van der Waals surface area (Å²) >= 11 is 0. The number of aromatic nitrogens is 1. The lowest BCUT2D eigenvalue weighted by atomic mass is 9.47. The van der Waals surface area contributed by atoms with Crippen LogP contribution in [0, 0.1) is 29.1 Å². The summed E-state index contributed by atoms with van der Waals surface area (Å²) in [6.07, 6.45) is 1.63. The molecule has 8 rings (SSSR count). The molecule has 3 heterocycles. The van der Waals surface area contributed by atoms with Crippen LogP contribution in [0.15, 0.2) is 42.6 Å². The molecular weight excluding hydrogens is 561 g/mol. The van der Waals surface area contributed by atoms with Crippen molar-refractivity contribution in [2.75, 3.05) is 41.0 Å². The van der Waals surface area contributed by atoms with E-state index in [9.17, 15) is 22.8 Å². The molecule has 1 aromatic carbocycles. The zero-order chi connectivity index (χ0) is 29.9. The third-order valence-electron chi connectivity index (χ3n) is 10.6. The van der Waals surface area contributed by atoms with E-state index in [2.05, 4.69) is 10.3 Å². The van der Waals surface area contributed by atoms with Gasteiger partial charge in [-0.2, -0.15) is 13.2 Å². The van der Waals surface area contributed by atoms with Crippen LogP contribution >= 0.6 is 0 Å². The predicted octanol–water partition coefficient (Wildman–Crippen LogP) is 5.14. The van der Waals surface area contributed by atoms with Crippen molar-refractivity contribution in [1.82, 2.24) is 10.3 Å². The number of halogens is 3. The molecule has 0 spiro atoms. The number of nitrogens with one attached hydrogen (secondary N) is 1. The fourth-order valence-corrected chi connectivity index (χ4v) is 8.68. The number of para-hydroxylation sites is 2. The zero-order valence-corrected chi connectivity index (χ0v) is 23.9. The Morgan fingerprint density at radius 3 is 2.28 bits per heavy atom. The zero-order valence-electron chi connectivity index (χ0n) is 23.9. The molecule has 9 nitrogen and oxygen atoms in total. The molecule has 230 valence electrons. The lowest BCUT2D eigenvalue weighted by molar-refractivity contribution is -0.179. The topological polar surface area (TPSA) is 104 Å². The Labute approximate surface area is 248 Å². The number of amides is 2. The average Bonchev–Trinajstić information content (AvgIpc) is 2.98. The molecule has 43 heavy (non-hydrogen) atoms. The van der Waals surface area contributed by atoms with Crippen LogP contribution in [-0.4, -0.2) is 55.4 Å². The van der Waals surface area contributed by atoms with Crippen molar-refractivity contribution in [1.29, 1.82) is 0 Å². The van der Waals surface area contributed by atoms with Crippen LogP contribution in [0.2, 0.25) is 0 Å². The first-order valence-corrected chi connectivity index (χ1v) is 15.3. The number of benzene rings is 1. The van der Waals surface area contributed by atoms with E-state index >= 15 is 0 Å². The van der Waals surface area contributed by atoms with E-state index in [0.29, 0.717) is 37.9 Å². The number of hydrogen-bond donors (Lipinski definition) is 2. The number of nitrogens with zero attached hydrogens (tertiary/aromatic N) is 4. The summed E-state index contributed by atoms with van der Waals surface area (Å²) in [6, 6.07) is 11.4. The van der Waals surface area contributed by atoms with Crippen molar-refractivity contribution in [2.24, 2.45) is 34.8 Å². The number of alkyl halides is 3. The summed E-state index contributed by atoms with van der Waals surface area (Å²) in [5.41, 5.74) is 7.79.